The van der Waals surface area contributed by atoms with Crippen LogP contribution >= 0.6 is 11.3 Å². The lowest BCUT2D eigenvalue weighted by atomic mass is 10.2. The lowest BCUT2D eigenvalue weighted by Crippen LogP contribution is -2.31. The molecule has 0 aliphatic rings. The smallest absolute Gasteiger partial charge is 0.286 e. The number of carbonyl (C=O) groups excluding carboxylic acids is 2. The van der Waals surface area contributed by atoms with Crippen LogP contribution in [0.2, 0.25) is 0 Å². The van der Waals surface area contributed by atoms with Gasteiger partial charge >= 0.3 is 0 Å². The van der Waals surface area contributed by atoms with E-state index in [0.29, 0.717) is 24.6 Å². The van der Waals surface area contributed by atoms with Crippen LogP contribution in [0.4, 0.5) is 5.13 Å². The number of methoxy groups -OCH3 is 1. The molecule has 0 saturated carbocycles. The van der Waals surface area contributed by atoms with Crippen LogP contribution in [0, 0.1) is 0 Å². The second-order valence-electron chi connectivity index (χ2n) is 7.13. The topological polar surface area (TPSA) is 84.7 Å². The van der Waals surface area contributed by atoms with Crippen LogP contribution in [0.3, 0.4) is 0 Å². The Morgan fingerprint density at radius 2 is 1.97 bits per heavy atom. The summed E-state index contributed by atoms with van der Waals surface area (Å²) >= 11 is 1.46. The highest BCUT2D eigenvalue weighted by atomic mass is 32.1. The number of ether oxygens (including phenoxy) is 1. The molecular weight excluding hydrogens is 426 g/mol. The Balaban J connectivity index is 1.46. The zero-order chi connectivity index (χ0) is 22.3. The summed E-state index contributed by atoms with van der Waals surface area (Å²) in [6.45, 7) is 0.802. The number of amides is 2. The molecule has 32 heavy (non-hydrogen) atoms. The van der Waals surface area contributed by atoms with Crippen LogP contribution in [0.25, 0.3) is 10.2 Å². The molecule has 0 aliphatic carbocycles. The summed E-state index contributed by atoms with van der Waals surface area (Å²) in [6, 6.07) is 18.8. The van der Waals surface area contributed by atoms with Gasteiger partial charge in [0.25, 0.3) is 5.91 Å². The Kier molecular flexibility index (Phi) is 6.81. The molecule has 2 aromatic heterocycles. The van der Waals surface area contributed by atoms with Crippen molar-refractivity contribution >= 4 is 38.5 Å². The lowest BCUT2D eigenvalue weighted by molar-refractivity contribution is -0.118. The van der Waals surface area contributed by atoms with Gasteiger partial charge in [0.05, 0.1) is 30.1 Å². The van der Waals surface area contributed by atoms with Gasteiger partial charge in [-0.15, -0.1) is 0 Å². The van der Waals surface area contributed by atoms with Gasteiger partial charge in [-0.2, -0.15) is 0 Å². The van der Waals surface area contributed by atoms with Crippen molar-refractivity contribution in [3.8, 4) is 5.75 Å². The highest BCUT2D eigenvalue weighted by molar-refractivity contribution is 7.22. The van der Waals surface area contributed by atoms with Gasteiger partial charge in [0.2, 0.25) is 5.91 Å². The number of furan rings is 1. The normalized spacial score (nSPS) is 10.8. The Morgan fingerprint density at radius 3 is 2.72 bits per heavy atom. The van der Waals surface area contributed by atoms with Crippen LogP contribution < -0.4 is 15.0 Å². The van der Waals surface area contributed by atoms with Gasteiger partial charge in [0.15, 0.2) is 10.9 Å². The van der Waals surface area contributed by atoms with E-state index in [1.165, 1.54) is 17.6 Å². The predicted molar refractivity (Wildman–Crippen MR) is 124 cm³/mol. The van der Waals surface area contributed by atoms with Crippen LogP contribution in [0.5, 0.6) is 5.75 Å². The van der Waals surface area contributed by atoms with Gasteiger partial charge in [0, 0.05) is 13.0 Å². The number of anilines is 1. The van der Waals surface area contributed by atoms with E-state index in [1.807, 2.05) is 48.5 Å². The summed E-state index contributed by atoms with van der Waals surface area (Å²) in [5.41, 5.74) is 1.84. The zero-order valence-electron chi connectivity index (χ0n) is 17.6. The van der Waals surface area contributed by atoms with E-state index in [-0.39, 0.29) is 24.0 Å². The van der Waals surface area contributed by atoms with Gasteiger partial charge in [-0.25, -0.2) is 4.98 Å². The third kappa shape index (κ3) is 5.15. The molecule has 0 spiro atoms. The highest BCUT2D eigenvalue weighted by Crippen LogP contribution is 2.32. The SMILES string of the molecule is COc1ccc2nc(N(Cc3ccccc3)C(=O)CCCNC(=O)c3ccco3)sc2c1. The summed E-state index contributed by atoms with van der Waals surface area (Å²) in [4.78, 5) is 31.5. The maximum Gasteiger partial charge on any atom is 0.286 e. The third-order valence-corrected chi connectivity index (χ3v) is 5.94. The second-order valence-corrected chi connectivity index (χ2v) is 8.14. The van der Waals surface area contributed by atoms with E-state index in [2.05, 4.69) is 10.3 Å². The van der Waals surface area contributed by atoms with Gasteiger partial charge < -0.3 is 14.5 Å². The number of hydrogen-bond donors (Lipinski definition) is 1. The molecule has 4 aromatic rings. The van der Waals surface area contributed by atoms with Crippen LogP contribution in [-0.4, -0.2) is 30.5 Å². The van der Waals surface area contributed by atoms with Crippen LogP contribution in [0.1, 0.15) is 29.0 Å². The van der Waals surface area contributed by atoms with Crippen molar-refractivity contribution in [1.82, 2.24) is 10.3 Å². The second kappa shape index (κ2) is 10.1. The average Bonchev–Trinajstić information content (AvgIpc) is 3.50. The molecule has 4 rings (SSSR count). The van der Waals surface area contributed by atoms with E-state index in [0.717, 1.165) is 21.5 Å². The number of nitrogens with zero attached hydrogens (tertiary/aromatic N) is 2. The molecule has 0 aliphatic heterocycles. The largest absolute Gasteiger partial charge is 0.497 e. The van der Waals surface area contributed by atoms with Crippen LogP contribution in [-0.2, 0) is 11.3 Å². The highest BCUT2D eigenvalue weighted by Gasteiger charge is 2.20. The maximum atomic E-state index is 13.2. The fourth-order valence-corrected chi connectivity index (χ4v) is 4.25. The molecule has 0 radical (unpaired) electrons. The summed E-state index contributed by atoms with van der Waals surface area (Å²) in [6.07, 6.45) is 2.24. The van der Waals surface area contributed by atoms with Gasteiger partial charge in [0.1, 0.15) is 5.75 Å². The van der Waals surface area contributed by atoms with Crippen molar-refractivity contribution in [3.63, 3.8) is 0 Å². The van der Waals surface area contributed by atoms with Gasteiger partial charge in [-0.3, -0.25) is 14.5 Å². The van der Waals surface area contributed by atoms with Crippen molar-refractivity contribution in [2.75, 3.05) is 18.6 Å². The molecule has 0 saturated heterocycles. The van der Waals surface area contributed by atoms with E-state index < -0.39 is 0 Å². The van der Waals surface area contributed by atoms with E-state index in [4.69, 9.17) is 9.15 Å². The fraction of sp³-hybridized carbons (Fsp3) is 0.208. The first-order valence-corrected chi connectivity index (χ1v) is 11.1. The Morgan fingerprint density at radius 1 is 1.12 bits per heavy atom. The lowest BCUT2D eigenvalue weighted by Gasteiger charge is -2.20. The summed E-state index contributed by atoms with van der Waals surface area (Å²) in [7, 11) is 1.62. The van der Waals surface area contributed by atoms with Gasteiger partial charge in [-0.1, -0.05) is 41.7 Å². The molecule has 0 unspecified atom stereocenters. The minimum absolute atomic E-state index is 0.0490. The van der Waals surface area contributed by atoms with E-state index >= 15 is 0 Å². The van der Waals surface area contributed by atoms with E-state index in [9.17, 15) is 9.59 Å². The molecule has 1 N–H and O–H groups in total. The number of benzene rings is 2. The van der Waals surface area contributed by atoms with Crippen molar-refractivity contribution in [3.05, 3.63) is 78.3 Å². The molecule has 164 valence electrons. The monoisotopic (exact) mass is 449 g/mol. The van der Waals surface area contributed by atoms with E-state index in [1.54, 1.807) is 24.1 Å². The molecule has 8 heteroatoms. The average molecular weight is 450 g/mol. The quantitative estimate of drug-likeness (QED) is 0.376. The Hall–Kier alpha value is -3.65. The number of carbonyl (C=O) groups is 2. The summed E-state index contributed by atoms with van der Waals surface area (Å²) in [5, 5.41) is 3.41. The number of fused-ring (bicyclic) bond motifs is 1. The first-order chi connectivity index (χ1) is 15.6. The number of nitrogens with one attached hydrogen (secondary N) is 1. The summed E-state index contributed by atoms with van der Waals surface area (Å²) in [5.74, 6) is 0.670. The van der Waals surface area contributed by atoms with Crippen molar-refractivity contribution in [1.29, 1.82) is 0 Å². The number of hydrogen-bond acceptors (Lipinski definition) is 6. The molecule has 2 heterocycles. The first kappa shape index (κ1) is 21.6. The molecule has 0 bridgehead atoms. The molecule has 2 aromatic carbocycles. The predicted octanol–water partition coefficient (Wildman–Crippen LogP) is 4.64. The first-order valence-electron chi connectivity index (χ1n) is 10.2. The molecule has 7 nitrogen and oxygen atoms in total. The minimum Gasteiger partial charge on any atom is -0.497 e. The summed E-state index contributed by atoms with van der Waals surface area (Å²) < 4.78 is 11.3. The molecule has 0 fully saturated rings. The number of rotatable bonds is 9. The number of aromatic nitrogens is 1. The van der Waals surface area contributed by atoms with Gasteiger partial charge in [-0.05, 0) is 42.3 Å². The zero-order valence-corrected chi connectivity index (χ0v) is 18.4. The Bertz CT molecular complexity index is 1190. The molecular formula is C24H23N3O4S. The minimum atomic E-state index is -0.288. The fourth-order valence-electron chi connectivity index (χ4n) is 3.24. The van der Waals surface area contributed by atoms with Crippen molar-refractivity contribution in [2.45, 2.75) is 19.4 Å². The van der Waals surface area contributed by atoms with Crippen molar-refractivity contribution in [2.24, 2.45) is 0 Å². The third-order valence-electron chi connectivity index (χ3n) is 4.90. The molecule has 0 atom stereocenters. The standard InChI is InChI=1S/C24H23N3O4S/c1-30-18-11-12-19-21(15-18)32-24(26-19)27(16-17-7-3-2-4-8-17)22(28)10-5-13-25-23(29)20-9-6-14-31-20/h2-4,6-9,11-12,14-15H,5,10,13,16H2,1H3,(H,25,29). The van der Waals surface area contributed by atoms with Crippen LogP contribution in [0.15, 0.2) is 71.3 Å². The maximum absolute atomic E-state index is 13.2. The van der Waals surface area contributed by atoms with Crippen molar-refractivity contribution < 1.29 is 18.7 Å². The molecule has 2 amide bonds. The number of thiazole rings is 1. The Labute approximate surface area is 189 Å².